The van der Waals surface area contributed by atoms with Crippen LogP contribution in [0.4, 0.5) is 0 Å². The van der Waals surface area contributed by atoms with Gasteiger partial charge in [-0.15, -0.1) is 0 Å². The van der Waals surface area contributed by atoms with Gasteiger partial charge >= 0.3 is 0 Å². The van der Waals surface area contributed by atoms with Crippen LogP contribution < -0.4 is 0 Å². The fourth-order valence-corrected chi connectivity index (χ4v) is 0.830. The topological polar surface area (TPSA) is 25.8 Å². The van der Waals surface area contributed by atoms with E-state index in [1.807, 2.05) is 46.8 Å². The van der Waals surface area contributed by atoms with Gasteiger partial charge in [-0.05, 0) is 6.92 Å². The van der Waals surface area contributed by atoms with Crippen molar-refractivity contribution in [3.8, 4) is 0 Å². The molecule has 0 saturated carbocycles. The second-order valence-corrected chi connectivity index (χ2v) is 2.10. The first-order valence-electron chi connectivity index (χ1n) is 5.44. The molecule has 0 amide bonds. The normalized spacial score (nSPS) is 8.33. The fraction of sp³-hybridized carbons (Fsp3) is 0.385. The van der Waals surface area contributed by atoms with Crippen LogP contribution in [-0.2, 0) is 0 Å². The van der Waals surface area contributed by atoms with Gasteiger partial charge in [0.05, 0.1) is 12.4 Å². The Kier molecular flexibility index (Phi) is 13.4. The van der Waals surface area contributed by atoms with Crippen molar-refractivity contribution >= 4 is 12.2 Å². The minimum atomic E-state index is 1.01. The molecule has 0 bridgehead atoms. The lowest BCUT2D eigenvalue weighted by Crippen LogP contribution is -1.85. The molecule has 0 radical (unpaired) electrons. The molecule has 0 spiro atoms. The average Bonchev–Trinajstić information content (AvgIpc) is 2.35. The van der Waals surface area contributed by atoms with E-state index in [-0.39, 0.29) is 0 Å². The van der Waals surface area contributed by atoms with Crippen LogP contribution in [0.3, 0.4) is 0 Å². The van der Waals surface area contributed by atoms with Crippen molar-refractivity contribution in [1.82, 2.24) is 10.2 Å². The van der Waals surface area contributed by atoms with Crippen LogP contribution in [0.2, 0.25) is 0 Å². The molecule has 2 heteroatoms. The highest BCUT2D eigenvalue weighted by Gasteiger charge is 1.92. The molecule has 0 aromatic carbocycles. The van der Waals surface area contributed by atoms with Crippen LogP contribution in [0.15, 0.2) is 25.0 Å². The van der Waals surface area contributed by atoms with Crippen molar-refractivity contribution in [2.45, 2.75) is 34.6 Å². The molecular weight excluding hydrogens is 184 g/mol. The molecule has 1 heterocycles. The van der Waals surface area contributed by atoms with Gasteiger partial charge in [0.15, 0.2) is 0 Å². The van der Waals surface area contributed by atoms with Crippen LogP contribution in [-0.4, -0.2) is 10.2 Å². The third-order valence-electron chi connectivity index (χ3n) is 1.36. The maximum atomic E-state index is 3.76. The minimum absolute atomic E-state index is 1.01. The van der Waals surface area contributed by atoms with Crippen LogP contribution >= 0.6 is 0 Å². The predicted octanol–water partition coefficient (Wildman–Crippen LogP) is 4.21. The Hall–Kier alpha value is -1.44. The Morgan fingerprint density at radius 2 is 1.47 bits per heavy atom. The Labute approximate surface area is 93.8 Å². The summed E-state index contributed by atoms with van der Waals surface area (Å²) in [4.78, 5) is 0. The molecule has 1 aromatic rings. The van der Waals surface area contributed by atoms with Crippen molar-refractivity contribution in [3.63, 3.8) is 0 Å². The van der Waals surface area contributed by atoms with Gasteiger partial charge in [0.2, 0.25) is 0 Å². The molecule has 0 unspecified atom stereocenters. The Morgan fingerprint density at radius 3 is 1.87 bits per heavy atom. The number of rotatable bonds is 2. The number of nitrogens with zero attached hydrogens (tertiary/aromatic N) is 2. The van der Waals surface area contributed by atoms with E-state index in [2.05, 4.69) is 16.8 Å². The van der Waals surface area contributed by atoms with E-state index in [9.17, 15) is 0 Å². The monoisotopic (exact) mass is 206 g/mol. The second-order valence-electron chi connectivity index (χ2n) is 2.10. The zero-order valence-electron chi connectivity index (χ0n) is 10.5. The van der Waals surface area contributed by atoms with Gasteiger partial charge in [0.25, 0.3) is 0 Å². The van der Waals surface area contributed by atoms with Gasteiger partial charge in [-0.1, -0.05) is 52.5 Å². The molecule has 1 rings (SSSR count). The first-order chi connectivity index (χ1) is 7.38. The van der Waals surface area contributed by atoms with Crippen molar-refractivity contribution in [1.29, 1.82) is 0 Å². The Bertz CT molecular complexity index is 278. The van der Waals surface area contributed by atoms with Crippen LogP contribution in [0.25, 0.3) is 12.2 Å². The lowest BCUT2D eigenvalue weighted by atomic mass is 10.1. The Balaban J connectivity index is 0. The molecule has 0 aliphatic rings. The van der Waals surface area contributed by atoms with E-state index in [1.165, 1.54) is 0 Å². The molecule has 84 valence electrons. The summed E-state index contributed by atoms with van der Waals surface area (Å²) in [6, 6.07) is 0. The highest BCUT2D eigenvalue weighted by Crippen LogP contribution is 2.08. The summed E-state index contributed by atoms with van der Waals surface area (Å²) in [5.41, 5.74) is 2.07. The lowest BCUT2D eigenvalue weighted by Gasteiger charge is -1.95. The summed E-state index contributed by atoms with van der Waals surface area (Å²) in [7, 11) is 0. The van der Waals surface area contributed by atoms with E-state index in [1.54, 1.807) is 18.5 Å². The molecule has 1 aromatic heterocycles. The average molecular weight is 206 g/mol. The van der Waals surface area contributed by atoms with Crippen molar-refractivity contribution in [2.75, 3.05) is 0 Å². The summed E-state index contributed by atoms with van der Waals surface area (Å²) < 4.78 is 0. The fourth-order valence-electron chi connectivity index (χ4n) is 0.830. The van der Waals surface area contributed by atoms with E-state index in [0.717, 1.165) is 11.1 Å². The van der Waals surface area contributed by atoms with Crippen LogP contribution in [0.1, 0.15) is 45.7 Å². The molecule has 15 heavy (non-hydrogen) atoms. The van der Waals surface area contributed by atoms with Crippen molar-refractivity contribution in [2.24, 2.45) is 0 Å². The third-order valence-corrected chi connectivity index (χ3v) is 1.36. The molecule has 0 saturated heterocycles. The number of hydrogen-bond donors (Lipinski definition) is 0. The summed E-state index contributed by atoms with van der Waals surface area (Å²) >= 11 is 0. The van der Waals surface area contributed by atoms with Gasteiger partial charge in [-0.2, -0.15) is 10.2 Å². The SMILES string of the molecule is C=Cc1cnncc1/C=C\C.CC.CC. The van der Waals surface area contributed by atoms with E-state index >= 15 is 0 Å². The molecular formula is C13H22N2. The zero-order valence-corrected chi connectivity index (χ0v) is 10.5. The third kappa shape index (κ3) is 6.61. The second kappa shape index (κ2) is 12.6. The number of hydrogen-bond acceptors (Lipinski definition) is 2. The van der Waals surface area contributed by atoms with Crippen LogP contribution in [0, 0.1) is 0 Å². The molecule has 0 N–H and O–H groups in total. The highest BCUT2D eigenvalue weighted by molar-refractivity contribution is 5.62. The smallest absolute Gasteiger partial charge is 0.0574 e. The maximum Gasteiger partial charge on any atom is 0.0574 e. The molecule has 0 atom stereocenters. The predicted molar refractivity (Wildman–Crippen MR) is 69.5 cm³/mol. The van der Waals surface area contributed by atoms with Crippen LogP contribution in [0.5, 0.6) is 0 Å². The summed E-state index contributed by atoms with van der Waals surface area (Å²) in [5, 5.41) is 7.51. The minimum Gasteiger partial charge on any atom is -0.158 e. The molecule has 2 nitrogen and oxygen atoms in total. The van der Waals surface area contributed by atoms with E-state index in [4.69, 9.17) is 0 Å². The van der Waals surface area contributed by atoms with Crippen molar-refractivity contribution in [3.05, 3.63) is 36.2 Å². The van der Waals surface area contributed by atoms with E-state index in [0.29, 0.717) is 0 Å². The van der Waals surface area contributed by atoms with Crippen molar-refractivity contribution < 1.29 is 0 Å². The molecule has 0 fully saturated rings. The standard InChI is InChI=1S/C9H10N2.2C2H6/c1-3-5-9-7-11-10-6-8(9)4-2;2*1-2/h3-7H,2H2,1H3;2*1-2H3/b5-3-;;. The highest BCUT2D eigenvalue weighted by atomic mass is 15.1. The summed E-state index contributed by atoms with van der Waals surface area (Å²) in [6.45, 7) is 13.6. The van der Waals surface area contributed by atoms with Gasteiger partial charge in [0, 0.05) is 11.1 Å². The van der Waals surface area contributed by atoms with E-state index < -0.39 is 0 Å². The maximum absolute atomic E-state index is 3.76. The first kappa shape index (κ1) is 16.0. The largest absolute Gasteiger partial charge is 0.158 e. The lowest BCUT2D eigenvalue weighted by molar-refractivity contribution is 1.02. The first-order valence-corrected chi connectivity index (χ1v) is 5.44. The number of aromatic nitrogens is 2. The summed E-state index contributed by atoms with van der Waals surface area (Å²) in [6.07, 6.45) is 9.12. The Morgan fingerprint density at radius 1 is 1.00 bits per heavy atom. The molecule has 0 aliphatic heterocycles. The molecule has 0 aliphatic carbocycles. The van der Waals surface area contributed by atoms with Gasteiger partial charge < -0.3 is 0 Å². The zero-order chi connectivity index (χ0) is 12.1. The quantitative estimate of drug-likeness (QED) is 0.724. The summed E-state index contributed by atoms with van der Waals surface area (Å²) in [5.74, 6) is 0. The number of allylic oxidation sites excluding steroid dienone is 1. The van der Waals surface area contributed by atoms with Gasteiger partial charge in [-0.25, -0.2) is 0 Å². The van der Waals surface area contributed by atoms with Gasteiger partial charge in [-0.3, -0.25) is 0 Å². The van der Waals surface area contributed by atoms with Gasteiger partial charge in [0.1, 0.15) is 0 Å².